The van der Waals surface area contributed by atoms with E-state index in [4.69, 9.17) is 16.0 Å². The number of hydrogen-bond donors (Lipinski definition) is 3. The molecule has 0 aliphatic heterocycles. The predicted molar refractivity (Wildman–Crippen MR) is 108 cm³/mol. The highest BCUT2D eigenvalue weighted by atomic mass is 35.5. The van der Waals surface area contributed by atoms with E-state index in [9.17, 15) is 18.0 Å². The fraction of sp³-hybridized carbons (Fsp3) is 0.278. The molecule has 0 bridgehead atoms. The van der Waals surface area contributed by atoms with Crippen LogP contribution in [-0.2, 0) is 26.2 Å². The molecule has 1 aromatic carbocycles. The van der Waals surface area contributed by atoms with Crippen molar-refractivity contribution in [3.63, 3.8) is 0 Å². The number of rotatable bonds is 6. The van der Waals surface area contributed by atoms with E-state index in [1.165, 1.54) is 36.5 Å². The second-order valence-corrected chi connectivity index (χ2v) is 9.19. The third-order valence-electron chi connectivity index (χ3n) is 3.30. The van der Waals surface area contributed by atoms with Crippen LogP contribution in [0, 0.1) is 0 Å². The molecule has 2 amide bonds. The number of nitrogens with zero attached hydrogens (tertiary/aromatic N) is 1. The van der Waals surface area contributed by atoms with Crippen LogP contribution >= 0.6 is 11.6 Å². The van der Waals surface area contributed by atoms with Gasteiger partial charge in [0.15, 0.2) is 0 Å². The molecule has 0 radical (unpaired) electrons. The number of carbonyl (C=O) groups is 2. The Balaban J connectivity index is 1.89. The molecule has 156 valence electrons. The van der Waals surface area contributed by atoms with Crippen LogP contribution in [0.2, 0.25) is 5.02 Å². The fourth-order valence-corrected chi connectivity index (χ4v) is 3.14. The van der Waals surface area contributed by atoms with Gasteiger partial charge in [-0.3, -0.25) is 9.59 Å². The summed E-state index contributed by atoms with van der Waals surface area (Å²) in [6, 6.07) is 8.84. The third-order valence-corrected chi connectivity index (χ3v) is 4.96. The molecule has 2 aromatic rings. The molecule has 1 heterocycles. The van der Waals surface area contributed by atoms with E-state index in [-0.39, 0.29) is 17.2 Å². The van der Waals surface area contributed by atoms with Crippen LogP contribution in [-0.4, -0.2) is 32.0 Å². The summed E-state index contributed by atoms with van der Waals surface area (Å²) < 4.78 is 32.3. The SMILES string of the molecule is CC(C)(C)NC(=O)C(=O)N/N=C/c1ccc(CNS(=O)(=O)c2ccc(Cl)cc2)o1. The lowest BCUT2D eigenvalue weighted by molar-refractivity contribution is -0.140. The monoisotopic (exact) mass is 440 g/mol. The quantitative estimate of drug-likeness (QED) is 0.358. The first-order chi connectivity index (χ1) is 13.5. The van der Waals surface area contributed by atoms with E-state index in [2.05, 4.69) is 20.6 Å². The van der Waals surface area contributed by atoms with Gasteiger partial charge in [0.25, 0.3) is 0 Å². The van der Waals surface area contributed by atoms with Gasteiger partial charge in [-0.05, 0) is 57.2 Å². The van der Waals surface area contributed by atoms with E-state index in [0.29, 0.717) is 10.8 Å². The van der Waals surface area contributed by atoms with Gasteiger partial charge in [-0.15, -0.1) is 0 Å². The molecule has 0 aliphatic rings. The Morgan fingerprint density at radius 3 is 2.38 bits per heavy atom. The Bertz CT molecular complexity index is 1010. The van der Waals surface area contributed by atoms with Gasteiger partial charge in [0.05, 0.1) is 17.7 Å². The molecule has 0 saturated carbocycles. The van der Waals surface area contributed by atoms with Crippen molar-refractivity contribution in [1.82, 2.24) is 15.5 Å². The zero-order chi connectivity index (χ0) is 21.7. The topological polar surface area (TPSA) is 130 Å². The summed E-state index contributed by atoms with van der Waals surface area (Å²) in [7, 11) is -3.72. The van der Waals surface area contributed by atoms with Crippen molar-refractivity contribution < 1.29 is 22.4 Å². The molecule has 0 saturated heterocycles. The number of benzene rings is 1. The molecule has 0 atom stereocenters. The highest BCUT2D eigenvalue weighted by Crippen LogP contribution is 2.14. The first kappa shape index (κ1) is 22.6. The number of sulfonamides is 1. The number of amides is 2. The molecule has 11 heteroatoms. The van der Waals surface area contributed by atoms with Crippen LogP contribution < -0.4 is 15.5 Å². The Morgan fingerprint density at radius 1 is 1.10 bits per heavy atom. The van der Waals surface area contributed by atoms with E-state index >= 15 is 0 Å². The normalized spacial score (nSPS) is 12.1. The number of nitrogens with one attached hydrogen (secondary N) is 3. The molecule has 2 rings (SSSR count). The van der Waals surface area contributed by atoms with Gasteiger partial charge in [-0.25, -0.2) is 18.6 Å². The van der Waals surface area contributed by atoms with E-state index in [1.54, 1.807) is 26.8 Å². The summed E-state index contributed by atoms with van der Waals surface area (Å²) in [4.78, 5) is 23.3. The second kappa shape index (κ2) is 9.21. The highest BCUT2D eigenvalue weighted by molar-refractivity contribution is 7.89. The van der Waals surface area contributed by atoms with Gasteiger partial charge >= 0.3 is 11.8 Å². The van der Waals surface area contributed by atoms with Gasteiger partial charge < -0.3 is 9.73 Å². The zero-order valence-electron chi connectivity index (χ0n) is 16.0. The van der Waals surface area contributed by atoms with Crippen LogP contribution in [0.25, 0.3) is 0 Å². The molecule has 9 nitrogen and oxygen atoms in total. The summed E-state index contributed by atoms with van der Waals surface area (Å²) in [5.74, 6) is -1.13. The summed E-state index contributed by atoms with van der Waals surface area (Å²) in [6.45, 7) is 5.14. The van der Waals surface area contributed by atoms with E-state index in [1.807, 2.05) is 0 Å². The van der Waals surface area contributed by atoms with Crippen molar-refractivity contribution in [1.29, 1.82) is 0 Å². The number of furan rings is 1. The van der Waals surface area contributed by atoms with Crippen molar-refractivity contribution in [2.75, 3.05) is 0 Å². The fourth-order valence-electron chi connectivity index (χ4n) is 2.02. The third kappa shape index (κ3) is 7.33. The van der Waals surface area contributed by atoms with Gasteiger partial charge in [0, 0.05) is 10.6 Å². The average Bonchev–Trinajstić information content (AvgIpc) is 3.07. The average molecular weight is 441 g/mol. The number of carbonyl (C=O) groups excluding carboxylic acids is 2. The van der Waals surface area contributed by atoms with Gasteiger partial charge in [-0.2, -0.15) is 5.10 Å². The maximum Gasteiger partial charge on any atom is 0.329 e. The second-order valence-electron chi connectivity index (χ2n) is 6.99. The van der Waals surface area contributed by atoms with Crippen molar-refractivity contribution in [3.05, 3.63) is 52.9 Å². The number of hydrazone groups is 1. The lowest BCUT2D eigenvalue weighted by Crippen LogP contribution is -2.47. The van der Waals surface area contributed by atoms with Crippen LogP contribution in [0.3, 0.4) is 0 Å². The number of halogens is 1. The van der Waals surface area contributed by atoms with E-state index in [0.717, 1.165) is 0 Å². The van der Waals surface area contributed by atoms with Crippen LogP contribution in [0.15, 0.2) is 50.8 Å². The van der Waals surface area contributed by atoms with Crippen LogP contribution in [0.5, 0.6) is 0 Å². The lowest BCUT2D eigenvalue weighted by Gasteiger charge is -2.19. The van der Waals surface area contributed by atoms with Crippen molar-refractivity contribution in [3.8, 4) is 0 Å². The lowest BCUT2D eigenvalue weighted by atomic mass is 10.1. The molecule has 0 fully saturated rings. The maximum atomic E-state index is 12.2. The molecule has 3 N–H and O–H groups in total. The van der Waals surface area contributed by atoms with Crippen molar-refractivity contribution in [2.45, 2.75) is 37.8 Å². The Kier molecular flexibility index (Phi) is 7.17. The largest absolute Gasteiger partial charge is 0.459 e. The summed E-state index contributed by atoms with van der Waals surface area (Å²) in [5, 5.41) is 6.57. The molecular weight excluding hydrogens is 420 g/mol. The van der Waals surface area contributed by atoms with Crippen molar-refractivity contribution in [2.24, 2.45) is 5.10 Å². The smallest absolute Gasteiger partial charge is 0.329 e. The Morgan fingerprint density at radius 2 is 1.76 bits per heavy atom. The molecule has 0 aliphatic carbocycles. The van der Waals surface area contributed by atoms with Gasteiger partial charge in [0.1, 0.15) is 11.5 Å². The van der Waals surface area contributed by atoms with E-state index < -0.39 is 27.4 Å². The molecule has 0 spiro atoms. The first-order valence-corrected chi connectivity index (χ1v) is 10.3. The highest BCUT2D eigenvalue weighted by Gasteiger charge is 2.19. The first-order valence-electron chi connectivity index (χ1n) is 8.46. The summed E-state index contributed by atoms with van der Waals surface area (Å²) in [6.07, 6.45) is 1.19. The molecule has 1 aromatic heterocycles. The Labute approximate surface area is 173 Å². The Hall–Kier alpha value is -2.69. The van der Waals surface area contributed by atoms with Gasteiger partial charge in [0.2, 0.25) is 10.0 Å². The standard InChI is InChI=1S/C18H21ClN4O5S/c1-18(2,3)22-16(24)17(25)23-20-10-13-6-7-14(28-13)11-21-29(26,27)15-8-4-12(19)5-9-15/h4-10,21H,11H2,1-3H3,(H,22,24)(H,23,25)/b20-10+. The minimum Gasteiger partial charge on any atom is -0.459 e. The zero-order valence-corrected chi connectivity index (χ0v) is 17.6. The summed E-state index contributed by atoms with van der Waals surface area (Å²) >= 11 is 5.75. The molecule has 29 heavy (non-hydrogen) atoms. The number of hydrogen-bond acceptors (Lipinski definition) is 6. The maximum absolute atomic E-state index is 12.2. The molecule has 0 unspecified atom stereocenters. The van der Waals surface area contributed by atoms with Crippen LogP contribution in [0.4, 0.5) is 0 Å². The van der Waals surface area contributed by atoms with Gasteiger partial charge in [-0.1, -0.05) is 11.6 Å². The minimum atomic E-state index is -3.72. The van der Waals surface area contributed by atoms with Crippen molar-refractivity contribution >= 4 is 39.7 Å². The predicted octanol–water partition coefficient (Wildman–Crippen LogP) is 1.78. The molecular formula is C18H21ClN4O5S. The minimum absolute atomic E-state index is 0.0755. The summed E-state index contributed by atoms with van der Waals surface area (Å²) in [5.41, 5.74) is 1.53. The van der Waals surface area contributed by atoms with Crippen LogP contribution in [0.1, 0.15) is 32.3 Å².